The molecule has 0 spiro atoms. The summed E-state index contributed by atoms with van der Waals surface area (Å²) in [6.45, 7) is 3.86. The zero-order valence-corrected chi connectivity index (χ0v) is 17.5. The number of hydrogen-bond acceptors (Lipinski definition) is 2. The fourth-order valence-corrected chi connectivity index (χ4v) is 2.77. The molecule has 2 aromatic rings. The molecule has 4 nitrogen and oxygen atoms in total. The Bertz CT molecular complexity index is 858. The SMILES string of the molecule is Cc1ccc(C)c(NC(=S)N[C@@H](NC(=O)c2ccccc2F)C(Cl)(Cl)Cl)c1. The maximum atomic E-state index is 13.8. The molecule has 9 heteroatoms. The summed E-state index contributed by atoms with van der Waals surface area (Å²) in [5.41, 5.74) is 2.60. The highest BCUT2D eigenvalue weighted by atomic mass is 35.6. The van der Waals surface area contributed by atoms with Crippen molar-refractivity contribution < 1.29 is 9.18 Å². The second-order valence-corrected chi connectivity index (χ2v) is 8.62. The molecule has 1 amide bonds. The fraction of sp³-hybridized carbons (Fsp3) is 0.222. The smallest absolute Gasteiger partial charge is 0.255 e. The molecule has 144 valence electrons. The van der Waals surface area contributed by atoms with E-state index >= 15 is 0 Å². The van der Waals surface area contributed by atoms with Gasteiger partial charge in [-0.2, -0.15) is 0 Å². The highest BCUT2D eigenvalue weighted by Gasteiger charge is 2.35. The third kappa shape index (κ3) is 6.21. The van der Waals surface area contributed by atoms with Crippen LogP contribution in [0.4, 0.5) is 10.1 Å². The summed E-state index contributed by atoms with van der Waals surface area (Å²) >= 11 is 23.1. The van der Waals surface area contributed by atoms with Crippen LogP contribution in [0.5, 0.6) is 0 Å². The Morgan fingerprint density at radius 2 is 1.78 bits per heavy atom. The van der Waals surface area contributed by atoms with Crippen molar-refractivity contribution in [3.8, 4) is 0 Å². The second kappa shape index (κ2) is 9.06. The van der Waals surface area contributed by atoms with E-state index in [1.165, 1.54) is 24.3 Å². The van der Waals surface area contributed by atoms with E-state index in [1.54, 1.807) is 0 Å². The molecule has 0 aliphatic rings. The Morgan fingerprint density at radius 3 is 2.41 bits per heavy atom. The van der Waals surface area contributed by atoms with Gasteiger partial charge in [0.15, 0.2) is 5.11 Å². The number of thiocarbonyl (C=S) groups is 1. The average molecular weight is 449 g/mol. The zero-order valence-electron chi connectivity index (χ0n) is 14.4. The average Bonchev–Trinajstić information content (AvgIpc) is 2.57. The van der Waals surface area contributed by atoms with Gasteiger partial charge in [0.05, 0.1) is 5.56 Å². The summed E-state index contributed by atoms with van der Waals surface area (Å²) in [5, 5.41) is 8.32. The number of hydrogen-bond donors (Lipinski definition) is 3. The van der Waals surface area contributed by atoms with Crippen LogP contribution in [0.1, 0.15) is 21.5 Å². The Kier molecular flexibility index (Phi) is 7.28. The van der Waals surface area contributed by atoms with Crippen LogP contribution >= 0.6 is 47.0 Å². The molecule has 0 fully saturated rings. The minimum absolute atomic E-state index is 0.133. The van der Waals surface area contributed by atoms with E-state index in [0.717, 1.165) is 16.8 Å². The lowest BCUT2D eigenvalue weighted by molar-refractivity contribution is 0.0930. The number of halogens is 4. The summed E-state index contributed by atoms with van der Waals surface area (Å²) in [6.07, 6.45) is -1.19. The Balaban J connectivity index is 2.12. The largest absolute Gasteiger partial charge is 0.339 e. The number of nitrogens with one attached hydrogen (secondary N) is 3. The van der Waals surface area contributed by atoms with E-state index < -0.39 is 21.7 Å². The maximum absolute atomic E-state index is 13.8. The maximum Gasteiger partial charge on any atom is 0.255 e. The van der Waals surface area contributed by atoms with E-state index in [9.17, 15) is 9.18 Å². The minimum Gasteiger partial charge on any atom is -0.339 e. The normalized spacial score (nSPS) is 12.2. The van der Waals surface area contributed by atoms with Gasteiger partial charge in [-0.3, -0.25) is 4.79 Å². The lowest BCUT2D eigenvalue weighted by Crippen LogP contribution is -2.56. The molecule has 27 heavy (non-hydrogen) atoms. The standard InChI is InChI=1S/C18H17Cl3FN3OS/c1-10-7-8-11(2)14(9-10)23-17(27)25-16(18(19,20)21)24-15(26)12-5-3-4-6-13(12)22/h3-9,16H,1-2H3,(H,24,26)(H2,23,25,27)/t16-/m1/s1. The van der Waals surface area contributed by atoms with Gasteiger partial charge >= 0.3 is 0 Å². The number of alkyl halides is 3. The van der Waals surface area contributed by atoms with E-state index in [2.05, 4.69) is 16.0 Å². The number of anilines is 1. The molecule has 0 unspecified atom stereocenters. The van der Waals surface area contributed by atoms with E-state index in [-0.39, 0.29) is 10.7 Å². The van der Waals surface area contributed by atoms with Gasteiger partial charge < -0.3 is 16.0 Å². The van der Waals surface area contributed by atoms with Gasteiger partial charge in [-0.05, 0) is 55.4 Å². The van der Waals surface area contributed by atoms with Crippen LogP contribution in [0.3, 0.4) is 0 Å². The Labute approximate surface area is 177 Å². The first-order valence-electron chi connectivity index (χ1n) is 7.85. The van der Waals surface area contributed by atoms with Crippen molar-refractivity contribution in [3.63, 3.8) is 0 Å². The first-order valence-corrected chi connectivity index (χ1v) is 9.39. The fourth-order valence-electron chi connectivity index (χ4n) is 2.21. The van der Waals surface area contributed by atoms with Crippen LogP contribution in [-0.4, -0.2) is 21.0 Å². The summed E-state index contributed by atoms with van der Waals surface area (Å²) in [6, 6.07) is 11.3. The highest BCUT2D eigenvalue weighted by molar-refractivity contribution is 7.80. The number of carbonyl (C=O) groups is 1. The van der Waals surface area contributed by atoms with Crippen LogP contribution < -0.4 is 16.0 Å². The summed E-state index contributed by atoms with van der Waals surface area (Å²) < 4.78 is 11.9. The summed E-state index contributed by atoms with van der Waals surface area (Å²) in [7, 11) is 0. The molecule has 0 radical (unpaired) electrons. The van der Waals surface area contributed by atoms with Gasteiger partial charge in [-0.15, -0.1) is 0 Å². The van der Waals surface area contributed by atoms with Crippen LogP contribution in [0, 0.1) is 19.7 Å². The van der Waals surface area contributed by atoms with Gasteiger partial charge in [-0.1, -0.05) is 59.1 Å². The van der Waals surface area contributed by atoms with Crippen LogP contribution in [-0.2, 0) is 0 Å². The molecule has 0 saturated carbocycles. The molecule has 0 aliphatic heterocycles. The Morgan fingerprint density at radius 1 is 1.11 bits per heavy atom. The van der Waals surface area contributed by atoms with Gasteiger partial charge in [-0.25, -0.2) is 4.39 Å². The zero-order chi connectivity index (χ0) is 20.2. The predicted octanol–water partition coefficient (Wildman–Crippen LogP) is 4.86. The van der Waals surface area contributed by atoms with Crippen LogP contribution in [0.2, 0.25) is 0 Å². The Hall–Kier alpha value is -1.60. The van der Waals surface area contributed by atoms with Gasteiger partial charge in [0.25, 0.3) is 5.91 Å². The number of amides is 1. The van der Waals surface area contributed by atoms with Gasteiger partial charge in [0.1, 0.15) is 12.0 Å². The van der Waals surface area contributed by atoms with Crippen molar-refractivity contribution in [2.75, 3.05) is 5.32 Å². The second-order valence-electron chi connectivity index (χ2n) is 5.84. The first-order chi connectivity index (χ1) is 12.6. The molecule has 0 aromatic heterocycles. The topological polar surface area (TPSA) is 53.2 Å². The first kappa shape index (κ1) is 21.7. The molecule has 3 N–H and O–H groups in total. The van der Waals surface area contributed by atoms with Crippen molar-refractivity contribution in [2.24, 2.45) is 0 Å². The number of carbonyl (C=O) groups excluding carboxylic acids is 1. The molecule has 1 atom stereocenters. The minimum atomic E-state index is -1.94. The molecule has 0 saturated heterocycles. The molecule has 2 aromatic carbocycles. The molecule has 0 heterocycles. The van der Waals surface area contributed by atoms with Crippen molar-refractivity contribution >= 4 is 63.7 Å². The van der Waals surface area contributed by atoms with Crippen LogP contribution in [0.15, 0.2) is 42.5 Å². The lowest BCUT2D eigenvalue weighted by atomic mass is 10.1. The number of aryl methyl sites for hydroxylation is 2. The third-order valence-corrected chi connectivity index (χ3v) is 4.51. The van der Waals surface area contributed by atoms with E-state index in [1.807, 2.05) is 32.0 Å². The summed E-state index contributed by atoms with van der Waals surface area (Å²) in [5.74, 6) is -1.43. The quantitative estimate of drug-likeness (QED) is 0.355. The molecular formula is C18H17Cl3FN3OS. The number of benzene rings is 2. The molecule has 2 rings (SSSR count). The van der Waals surface area contributed by atoms with Crippen molar-refractivity contribution in [1.82, 2.24) is 10.6 Å². The van der Waals surface area contributed by atoms with E-state index in [0.29, 0.717) is 0 Å². The van der Waals surface area contributed by atoms with Crippen molar-refractivity contribution in [3.05, 3.63) is 65.0 Å². The lowest BCUT2D eigenvalue weighted by Gasteiger charge is -2.28. The highest BCUT2D eigenvalue weighted by Crippen LogP contribution is 2.29. The number of rotatable bonds is 4. The van der Waals surface area contributed by atoms with E-state index in [4.69, 9.17) is 47.0 Å². The monoisotopic (exact) mass is 447 g/mol. The molecule has 0 aliphatic carbocycles. The molecule has 0 bridgehead atoms. The van der Waals surface area contributed by atoms with Crippen LogP contribution in [0.25, 0.3) is 0 Å². The summed E-state index contributed by atoms with van der Waals surface area (Å²) in [4.78, 5) is 12.3. The van der Waals surface area contributed by atoms with Gasteiger partial charge in [0, 0.05) is 5.69 Å². The van der Waals surface area contributed by atoms with Gasteiger partial charge in [0.2, 0.25) is 3.79 Å². The predicted molar refractivity (Wildman–Crippen MR) is 113 cm³/mol. The molecular weight excluding hydrogens is 432 g/mol. The van der Waals surface area contributed by atoms with Crippen molar-refractivity contribution in [1.29, 1.82) is 0 Å². The van der Waals surface area contributed by atoms with Crippen molar-refractivity contribution in [2.45, 2.75) is 23.8 Å². The third-order valence-electron chi connectivity index (χ3n) is 3.64.